The lowest BCUT2D eigenvalue weighted by Gasteiger charge is -2.16. The third kappa shape index (κ3) is 3.47. The van der Waals surface area contributed by atoms with E-state index in [1.807, 2.05) is 35.9 Å². The molecule has 8 heteroatoms. The van der Waals surface area contributed by atoms with Crippen LogP contribution in [0.5, 0.6) is 0 Å². The Morgan fingerprint density at radius 2 is 1.97 bits per heavy atom. The second-order valence-electron chi connectivity index (χ2n) is 8.13. The van der Waals surface area contributed by atoms with Gasteiger partial charge in [-0.3, -0.25) is 14.7 Å². The van der Waals surface area contributed by atoms with Gasteiger partial charge >= 0.3 is 0 Å². The number of hydrogen-bond donors (Lipinski definition) is 1. The van der Waals surface area contributed by atoms with Crippen molar-refractivity contribution in [1.29, 1.82) is 0 Å². The van der Waals surface area contributed by atoms with Gasteiger partial charge in [0.25, 0.3) is 5.91 Å². The standard InChI is InChI=1S/C22H27N7O/c1-13(2)18-9-15-16(19(25-18)10-23-5)11-28(22(15)30)20-8-6-7-17(26-20)21-27-24-12-29(21)14(3)4/h6-9,12-14,23H,10-11H2,1-5H3. The Morgan fingerprint density at radius 1 is 1.17 bits per heavy atom. The molecule has 30 heavy (non-hydrogen) atoms. The molecule has 0 radical (unpaired) electrons. The SMILES string of the molecule is CNCc1nc(C(C)C)cc2c1CN(c1cccc(-c3nncn3C(C)C)n1)C2=O. The van der Waals surface area contributed by atoms with Crippen LogP contribution in [0.2, 0.25) is 0 Å². The summed E-state index contributed by atoms with van der Waals surface area (Å²) < 4.78 is 1.97. The Hall–Kier alpha value is -3.13. The Labute approximate surface area is 176 Å². The van der Waals surface area contributed by atoms with Crippen molar-refractivity contribution in [3.8, 4) is 11.5 Å². The van der Waals surface area contributed by atoms with Gasteiger partial charge in [-0.1, -0.05) is 19.9 Å². The van der Waals surface area contributed by atoms with Crippen LogP contribution in [0.3, 0.4) is 0 Å². The zero-order valence-corrected chi connectivity index (χ0v) is 18.0. The summed E-state index contributed by atoms with van der Waals surface area (Å²) >= 11 is 0. The van der Waals surface area contributed by atoms with Gasteiger partial charge in [-0.2, -0.15) is 0 Å². The van der Waals surface area contributed by atoms with E-state index in [0.29, 0.717) is 30.4 Å². The average Bonchev–Trinajstić information content (AvgIpc) is 3.34. The van der Waals surface area contributed by atoms with Gasteiger partial charge in [0.1, 0.15) is 17.8 Å². The zero-order valence-electron chi connectivity index (χ0n) is 18.0. The van der Waals surface area contributed by atoms with Crippen molar-refractivity contribution in [2.75, 3.05) is 11.9 Å². The highest BCUT2D eigenvalue weighted by atomic mass is 16.2. The van der Waals surface area contributed by atoms with Crippen molar-refractivity contribution in [3.05, 3.63) is 53.1 Å². The maximum Gasteiger partial charge on any atom is 0.260 e. The molecule has 1 N–H and O–H groups in total. The molecular formula is C22H27N7O. The van der Waals surface area contributed by atoms with E-state index in [0.717, 1.165) is 22.5 Å². The molecular weight excluding hydrogens is 378 g/mol. The molecule has 3 aromatic rings. The van der Waals surface area contributed by atoms with Crippen LogP contribution >= 0.6 is 0 Å². The van der Waals surface area contributed by atoms with Crippen molar-refractivity contribution in [1.82, 2.24) is 30.0 Å². The van der Waals surface area contributed by atoms with E-state index in [9.17, 15) is 4.79 Å². The number of nitrogens with zero attached hydrogens (tertiary/aromatic N) is 6. The molecule has 4 rings (SSSR count). The summed E-state index contributed by atoms with van der Waals surface area (Å²) in [5.41, 5.74) is 4.23. The minimum absolute atomic E-state index is 0.0402. The van der Waals surface area contributed by atoms with Gasteiger partial charge < -0.3 is 9.88 Å². The normalized spacial score (nSPS) is 13.6. The number of amides is 1. The summed E-state index contributed by atoms with van der Waals surface area (Å²) in [5.74, 6) is 1.50. The molecule has 0 aliphatic carbocycles. The second kappa shape index (κ2) is 7.95. The number of rotatable bonds is 6. The maximum atomic E-state index is 13.3. The molecule has 3 aromatic heterocycles. The number of carbonyl (C=O) groups excluding carboxylic acids is 1. The largest absolute Gasteiger partial charge is 0.314 e. The quantitative estimate of drug-likeness (QED) is 0.677. The first kappa shape index (κ1) is 20.2. The molecule has 0 saturated heterocycles. The summed E-state index contributed by atoms with van der Waals surface area (Å²) in [6.07, 6.45) is 1.70. The van der Waals surface area contributed by atoms with Crippen molar-refractivity contribution in [2.45, 2.75) is 52.7 Å². The Morgan fingerprint density at radius 3 is 2.67 bits per heavy atom. The molecule has 0 bridgehead atoms. The number of hydrogen-bond acceptors (Lipinski definition) is 6. The summed E-state index contributed by atoms with van der Waals surface area (Å²) in [6, 6.07) is 7.80. The molecule has 0 unspecified atom stereocenters. The third-order valence-electron chi connectivity index (χ3n) is 5.33. The van der Waals surface area contributed by atoms with Gasteiger partial charge in [0.2, 0.25) is 0 Å². The van der Waals surface area contributed by atoms with Crippen LogP contribution in [0.25, 0.3) is 11.5 Å². The van der Waals surface area contributed by atoms with Crippen molar-refractivity contribution >= 4 is 11.7 Å². The third-order valence-corrected chi connectivity index (χ3v) is 5.33. The Kier molecular flexibility index (Phi) is 5.34. The molecule has 0 spiro atoms. The maximum absolute atomic E-state index is 13.3. The van der Waals surface area contributed by atoms with Gasteiger partial charge in [0.15, 0.2) is 5.82 Å². The molecule has 1 aliphatic rings. The number of nitrogens with one attached hydrogen (secondary N) is 1. The molecule has 0 aromatic carbocycles. The van der Waals surface area contributed by atoms with E-state index < -0.39 is 0 Å². The number of anilines is 1. The topological polar surface area (TPSA) is 88.8 Å². The Bertz CT molecular complexity index is 1090. The lowest BCUT2D eigenvalue weighted by atomic mass is 10.0. The highest BCUT2D eigenvalue weighted by Gasteiger charge is 2.33. The van der Waals surface area contributed by atoms with Crippen molar-refractivity contribution < 1.29 is 4.79 Å². The molecule has 4 heterocycles. The fourth-order valence-corrected chi connectivity index (χ4v) is 3.69. The number of carbonyl (C=O) groups is 1. The summed E-state index contributed by atoms with van der Waals surface area (Å²) in [7, 11) is 1.89. The smallest absolute Gasteiger partial charge is 0.260 e. The van der Waals surface area contributed by atoms with Gasteiger partial charge in [-0.25, -0.2) is 4.98 Å². The number of aromatic nitrogens is 5. The van der Waals surface area contributed by atoms with Crippen LogP contribution in [-0.2, 0) is 13.1 Å². The molecule has 1 amide bonds. The first-order valence-electron chi connectivity index (χ1n) is 10.3. The minimum atomic E-state index is -0.0402. The fourth-order valence-electron chi connectivity index (χ4n) is 3.69. The summed E-state index contributed by atoms with van der Waals surface area (Å²) in [4.78, 5) is 24.6. The van der Waals surface area contributed by atoms with Crippen LogP contribution in [0.1, 0.15) is 67.0 Å². The highest BCUT2D eigenvalue weighted by molar-refractivity contribution is 6.09. The predicted octanol–water partition coefficient (Wildman–Crippen LogP) is 3.32. The van der Waals surface area contributed by atoms with Crippen LogP contribution in [0.15, 0.2) is 30.6 Å². The van der Waals surface area contributed by atoms with Gasteiger partial charge in [-0.15, -0.1) is 10.2 Å². The van der Waals surface area contributed by atoms with E-state index in [1.165, 1.54) is 0 Å². The van der Waals surface area contributed by atoms with Gasteiger partial charge in [0, 0.05) is 29.4 Å². The zero-order chi connectivity index (χ0) is 21.4. The molecule has 156 valence electrons. The minimum Gasteiger partial charge on any atom is -0.314 e. The monoisotopic (exact) mass is 405 g/mol. The van der Waals surface area contributed by atoms with Crippen molar-refractivity contribution in [2.24, 2.45) is 0 Å². The van der Waals surface area contributed by atoms with E-state index >= 15 is 0 Å². The van der Waals surface area contributed by atoms with Crippen LogP contribution < -0.4 is 10.2 Å². The average molecular weight is 406 g/mol. The predicted molar refractivity (Wildman–Crippen MR) is 115 cm³/mol. The highest BCUT2D eigenvalue weighted by Crippen LogP contribution is 2.32. The van der Waals surface area contributed by atoms with Crippen molar-refractivity contribution in [3.63, 3.8) is 0 Å². The van der Waals surface area contributed by atoms with E-state index in [4.69, 9.17) is 9.97 Å². The fraction of sp³-hybridized carbons (Fsp3) is 0.409. The second-order valence-corrected chi connectivity index (χ2v) is 8.13. The summed E-state index contributed by atoms with van der Waals surface area (Å²) in [6.45, 7) is 9.40. The first-order valence-corrected chi connectivity index (χ1v) is 10.3. The molecule has 0 saturated carbocycles. The Balaban J connectivity index is 1.73. The van der Waals surface area contributed by atoms with Gasteiger partial charge in [0.05, 0.1) is 12.2 Å². The van der Waals surface area contributed by atoms with Crippen LogP contribution in [0.4, 0.5) is 5.82 Å². The van der Waals surface area contributed by atoms with E-state index in [-0.39, 0.29) is 17.9 Å². The van der Waals surface area contributed by atoms with E-state index in [2.05, 4.69) is 43.2 Å². The van der Waals surface area contributed by atoms with Gasteiger partial charge in [-0.05, 0) is 45.0 Å². The van der Waals surface area contributed by atoms with E-state index in [1.54, 1.807) is 11.2 Å². The summed E-state index contributed by atoms with van der Waals surface area (Å²) in [5, 5.41) is 11.4. The first-order chi connectivity index (χ1) is 14.4. The molecule has 1 aliphatic heterocycles. The number of pyridine rings is 2. The van der Waals surface area contributed by atoms with Crippen LogP contribution in [0, 0.1) is 0 Å². The van der Waals surface area contributed by atoms with Crippen LogP contribution in [-0.4, -0.2) is 37.7 Å². The lowest BCUT2D eigenvalue weighted by molar-refractivity contribution is 0.0996. The molecule has 8 nitrogen and oxygen atoms in total. The lowest BCUT2D eigenvalue weighted by Crippen LogP contribution is -2.24. The molecule has 0 atom stereocenters. The molecule has 0 fully saturated rings. The number of fused-ring (bicyclic) bond motifs is 1.